The number of halogens is 2. The van der Waals surface area contributed by atoms with E-state index in [1.807, 2.05) is 6.07 Å². The summed E-state index contributed by atoms with van der Waals surface area (Å²) in [5.74, 6) is -0.275. The molecule has 78 valence electrons. The standard InChI is InChI=1S/C13H7ClFN/c14-13-7-10(1-2-11(13)8-16)9-3-5-12(15)6-4-9/h1-7H. The second-order valence-corrected chi connectivity index (χ2v) is 3.72. The number of hydrogen-bond acceptors (Lipinski definition) is 1. The van der Waals surface area contributed by atoms with Crippen LogP contribution in [0.3, 0.4) is 0 Å². The Balaban J connectivity index is 2.46. The van der Waals surface area contributed by atoms with Gasteiger partial charge < -0.3 is 0 Å². The predicted molar refractivity (Wildman–Crippen MR) is 61.6 cm³/mol. The van der Waals surface area contributed by atoms with Crippen LogP contribution in [0.15, 0.2) is 42.5 Å². The summed E-state index contributed by atoms with van der Waals surface area (Å²) >= 11 is 5.91. The van der Waals surface area contributed by atoms with Crippen LogP contribution in [0.2, 0.25) is 5.02 Å². The normalized spacial score (nSPS) is 9.81. The van der Waals surface area contributed by atoms with Gasteiger partial charge in [-0.2, -0.15) is 5.26 Å². The van der Waals surface area contributed by atoms with Gasteiger partial charge in [-0.3, -0.25) is 0 Å². The monoisotopic (exact) mass is 231 g/mol. The highest BCUT2D eigenvalue weighted by Crippen LogP contribution is 2.25. The lowest BCUT2D eigenvalue weighted by atomic mass is 10.0. The first-order valence-corrected chi connectivity index (χ1v) is 5.04. The highest BCUT2D eigenvalue weighted by Gasteiger charge is 2.03. The van der Waals surface area contributed by atoms with E-state index < -0.39 is 0 Å². The average Bonchev–Trinajstić information content (AvgIpc) is 2.30. The molecule has 1 nitrogen and oxygen atoms in total. The minimum atomic E-state index is -0.275. The number of nitrogens with zero attached hydrogens (tertiary/aromatic N) is 1. The molecule has 0 atom stereocenters. The summed E-state index contributed by atoms with van der Waals surface area (Å²) in [6.45, 7) is 0. The molecule has 2 aromatic carbocycles. The maximum atomic E-state index is 12.7. The number of rotatable bonds is 1. The summed E-state index contributed by atoms with van der Waals surface area (Å²) in [4.78, 5) is 0. The molecular weight excluding hydrogens is 225 g/mol. The van der Waals surface area contributed by atoms with Crippen molar-refractivity contribution in [1.82, 2.24) is 0 Å². The maximum Gasteiger partial charge on any atom is 0.123 e. The highest BCUT2D eigenvalue weighted by molar-refractivity contribution is 6.32. The van der Waals surface area contributed by atoms with Gasteiger partial charge in [0, 0.05) is 0 Å². The Bertz CT molecular complexity index is 555. The lowest BCUT2D eigenvalue weighted by Gasteiger charge is -2.03. The molecule has 0 amide bonds. The van der Waals surface area contributed by atoms with Crippen molar-refractivity contribution < 1.29 is 4.39 Å². The van der Waals surface area contributed by atoms with Gasteiger partial charge in [-0.25, -0.2) is 4.39 Å². The van der Waals surface area contributed by atoms with Crippen molar-refractivity contribution in [2.24, 2.45) is 0 Å². The molecule has 0 fully saturated rings. The molecule has 0 saturated heterocycles. The van der Waals surface area contributed by atoms with E-state index in [0.717, 1.165) is 11.1 Å². The van der Waals surface area contributed by atoms with Crippen molar-refractivity contribution in [2.75, 3.05) is 0 Å². The fourth-order valence-corrected chi connectivity index (χ4v) is 1.65. The summed E-state index contributed by atoms with van der Waals surface area (Å²) in [6, 6.07) is 13.3. The smallest absolute Gasteiger partial charge is 0.123 e. The van der Waals surface area contributed by atoms with Gasteiger partial charge in [0.1, 0.15) is 11.9 Å². The van der Waals surface area contributed by atoms with Crippen molar-refractivity contribution in [2.45, 2.75) is 0 Å². The Labute approximate surface area is 97.7 Å². The van der Waals surface area contributed by atoms with Crippen molar-refractivity contribution in [1.29, 1.82) is 5.26 Å². The van der Waals surface area contributed by atoms with Gasteiger partial charge in [0.05, 0.1) is 10.6 Å². The summed E-state index contributed by atoms with van der Waals surface area (Å²) in [5.41, 5.74) is 2.17. The van der Waals surface area contributed by atoms with Crippen LogP contribution in [0.1, 0.15) is 5.56 Å². The first-order chi connectivity index (χ1) is 7.70. The zero-order valence-electron chi connectivity index (χ0n) is 8.24. The predicted octanol–water partition coefficient (Wildman–Crippen LogP) is 4.02. The van der Waals surface area contributed by atoms with Crippen molar-refractivity contribution >= 4 is 11.6 Å². The molecule has 16 heavy (non-hydrogen) atoms. The summed E-state index contributed by atoms with van der Waals surface area (Å²) < 4.78 is 12.7. The van der Waals surface area contributed by atoms with E-state index in [-0.39, 0.29) is 5.82 Å². The van der Waals surface area contributed by atoms with E-state index in [1.165, 1.54) is 12.1 Å². The third kappa shape index (κ3) is 2.05. The van der Waals surface area contributed by atoms with Gasteiger partial charge in [-0.05, 0) is 35.4 Å². The topological polar surface area (TPSA) is 23.8 Å². The van der Waals surface area contributed by atoms with E-state index >= 15 is 0 Å². The van der Waals surface area contributed by atoms with Crippen LogP contribution in [0.25, 0.3) is 11.1 Å². The maximum absolute atomic E-state index is 12.7. The fraction of sp³-hybridized carbons (Fsp3) is 0. The van der Waals surface area contributed by atoms with Gasteiger partial charge >= 0.3 is 0 Å². The van der Waals surface area contributed by atoms with Gasteiger partial charge in [0.15, 0.2) is 0 Å². The van der Waals surface area contributed by atoms with E-state index in [4.69, 9.17) is 16.9 Å². The van der Waals surface area contributed by atoms with E-state index in [0.29, 0.717) is 10.6 Å². The average molecular weight is 232 g/mol. The van der Waals surface area contributed by atoms with Gasteiger partial charge in [0.25, 0.3) is 0 Å². The Hall–Kier alpha value is -1.85. The third-order valence-corrected chi connectivity index (χ3v) is 2.58. The fourth-order valence-electron chi connectivity index (χ4n) is 1.43. The molecule has 3 heteroatoms. The van der Waals surface area contributed by atoms with E-state index in [2.05, 4.69) is 0 Å². The van der Waals surface area contributed by atoms with Crippen LogP contribution in [0, 0.1) is 17.1 Å². The van der Waals surface area contributed by atoms with E-state index in [9.17, 15) is 4.39 Å². The van der Waals surface area contributed by atoms with Crippen molar-refractivity contribution in [3.8, 4) is 17.2 Å². The minimum absolute atomic E-state index is 0.275. The molecule has 2 aromatic rings. The van der Waals surface area contributed by atoms with Crippen LogP contribution in [-0.4, -0.2) is 0 Å². The Morgan fingerprint density at radius 1 is 1.00 bits per heavy atom. The Kier molecular flexibility index (Phi) is 2.89. The van der Waals surface area contributed by atoms with Crippen LogP contribution in [0.4, 0.5) is 4.39 Å². The number of benzene rings is 2. The zero-order valence-corrected chi connectivity index (χ0v) is 9.00. The van der Waals surface area contributed by atoms with Crippen LogP contribution in [-0.2, 0) is 0 Å². The third-order valence-electron chi connectivity index (χ3n) is 2.27. The first-order valence-electron chi connectivity index (χ1n) is 4.66. The van der Waals surface area contributed by atoms with Gasteiger partial charge in [-0.15, -0.1) is 0 Å². The zero-order chi connectivity index (χ0) is 11.5. The number of nitriles is 1. The molecule has 2 rings (SSSR count). The second-order valence-electron chi connectivity index (χ2n) is 3.31. The lowest BCUT2D eigenvalue weighted by Crippen LogP contribution is -1.82. The van der Waals surface area contributed by atoms with Crippen molar-refractivity contribution in [3.63, 3.8) is 0 Å². The molecule has 0 heterocycles. The molecule has 0 aliphatic carbocycles. The minimum Gasteiger partial charge on any atom is -0.207 e. The molecule has 0 N–H and O–H groups in total. The molecule has 0 spiro atoms. The highest BCUT2D eigenvalue weighted by atomic mass is 35.5. The quantitative estimate of drug-likeness (QED) is 0.727. The van der Waals surface area contributed by atoms with Gasteiger partial charge in [-0.1, -0.05) is 29.8 Å². The van der Waals surface area contributed by atoms with E-state index in [1.54, 1.807) is 30.3 Å². The molecular formula is C13H7ClFN. The molecule has 0 bridgehead atoms. The summed E-state index contributed by atoms with van der Waals surface area (Å²) in [5, 5.41) is 9.14. The van der Waals surface area contributed by atoms with Gasteiger partial charge in [0.2, 0.25) is 0 Å². The Morgan fingerprint density at radius 2 is 1.62 bits per heavy atom. The largest absolute Gasteiger partial charge is 0.207 e. The summed E-state index contributed by atoms with van der Waals surface area (Å²) in [7, 11) is 0. The van der Waals surface area contributed by atoms with Crippen LogP contribution in [0.5, 0.6) is 0 Å². The number of hydrogen-bond donors (Lipinski definition) is 0. The van der Waals surface area contributed by atoms with Crippen LogP contribution < -0.4 is 0 Å². The Morgan fingerprint density at radius 3 is 2.19 bits per heavy atom. The molecule has 0 unspecified atom stereocenters. The summed E-state index contributed by atoms with van der Waals surface area (Å²) in [6.07, 6.45) is 0. The van der Waals surface area contributed by atoms with Crippen molar-refractivity contribution in [3.05, 3.63) is 58.9 Å². The molecule has 0 aliphatic heterocycles. The first kappa shape index (κ1) is 10.7. The second kappa shape index (κ2) is 4.34. The SMILES string of the molecule is N#Cc1ccc(-c2ccc(F)cc2)cc1Cl. The van der Waals surface area contributed by atoms with Crippen LogP contribution >= 0.6 is 11.6 Å². The molecule has 0 aliphatic rings. The lowest BCUT2D eigenvalue weighted by molar-refractivity contribution is 0.628. The molecule has 0 aromatic heterocycles. The molecule has 0 radical (unpaired) electrons. The molecule has 0 saturated carbocycles.